The first-order valence-corrected chi connectivity index (χ1v) is 9.61. The van der Waals surface area contributed by atoms with Crippen LogP contribution in [-0.2, 0) is 14.3 Å². The zero-order valence-electron chi connectivity index (χ0n) is 15.3. The van der Waals surface area contributed by atoms with Gasteiger partial charge in [-0.15, -0.1) is 0 Å². The summed E-state index contributed by atoms with van der Waals surface area (Å²) in [6.45, 7) is 2.76. The second kappa shape index (κ2) is 7.20. The van der Waals surface area contributed by atoms with Gasteiger partial charge in [-0.05, 0) is 24.8 Å². The Labute approximate surface area is 157 Å². The van der Waals surface area contributed by atoms with Gasteiger partial charge in [0.15, 0.2) is 0 Å². The van der Waals surface area contributed by atoms with Crippen LogP contribution in [0.3, 0.4) is 0 Å². The van der Waals surface area contributed by atoms with Crippen molar-refractivity contribution in [2.75, 3.05) is 39.4 Å². The molecule has 3 aliphatic rings. The van der Waals surface area contributed by atoms with Crippen LogP contribution in [0.15, 0.2) is 24.3 Å². The van der Waals surface area contributed by atoms with Crippen LogP contribution < -0.4 is 0 Å². The Morgan fingerprint density at radius 1 is 1.26 bits per heavy atom. The number of ether oxygens (including phenoxy) is 1. The summed E-state index contributed by atoms with van der Waals surface area (Å²) in [4.78, 5) is 29.0. The highest BCUT2D eigenvalue weighted by Crippen LogP contribution is 2.49. The molecule has 1 unspecified atom stereocenters. The third-order valence-electron chi connectivity index (χ3n) is 6.45. The molecule has 0 radical (unpaired) electrons. The number of amides is 1. The number of likely N-dealkylation sites (tertiary alicyclic amines) is 1. The molecule has 6 nitrogen and oxygen atoms in total. The maximum Gasteiger partial charge on any atom is 0.311 e. The molecule has 1 saturated carbocycles. The minimum Gasteiger partial charge on any atom is -0.481 e. The average Bonchev–Trinajstić information content (AvgIpc) is 3.23. The van der Waals surface area contributed by atoms with Gasteiger partial charge in [-0.2, -0.15) is 0 Å². The fourth-order valence-electron chi connectivity index (χ4n) is 5.00. The molecule has 1 amide bonds. The van der Waals surface area contributed by atoms with Gasteiger partial charge < -0.3 is 14.7 Å². The second-order valence-corrected chi connectivity index (χ2v) is 7.84. The molecule has 0 spiro atoms. The molecule has 1 aliphatic carbocycles. The Balaban J connectivity index is 1.63. The fraction of sp³-hybridized carbons (Fsp3) is 0.600. The van der Waals surface area contributed by atoms with Crippen LogP contribution in [0.2, 0.25) is 0 Å². The fourth-order valence-corrected chi connectivity index (χ4v) is 5.00. The summed E-state index contributed by atoms with van der Waals surface area (Å²) in [6, 6.07) is 5.63. The van der Waals surface area contributed by atoms with E-state index in [1.54, 1.807) is 23.1 Å². The van der Waals surface area contributed by atoms with Gasteiger partial charge in [0.25, 0.3) is 0 Å². The molecule has 2 aliphatic heterocycles. The van der Waals surface area contributed by atoms with Crippen LogP contribution >= 0.6 is 0 Å². The molecule has 2 heterocycles. The van der Waals surface area contributed by atoms with Crippen molar-refractivity contribution >= 4 is 11.9 Å². The number of aliphatic carboxylic acids is 1. The summed E-state index contributed by atoms with van der Waals surface area (Å²) >= 11 is 0. The SMILES string of the molecule is O=C(C(c1ccccc1F)N1CCOCC1)N1C[C@@H]2CCC[C@@]2(C(=O)O)C1. The Kier molecular flexibility index (Phi) is 4.90. The van der Waals surface area contributed by atoms with Crippen LogP contribution in [0.1, 0.15) is 30.9 Å². The van der Waals surface area contributed by atoms with Crippen molar-refractivity contribution in [1.29, 1.82) is 0 Å². The lowest BCUT2D eigenvalue weighted by Gasteiger charge is -2.36. The van der Waals surface area contributed by atoms with Crippen molar-refractivity contribution in [2.24, 2.45) is 11.3 Å². The molecule has 27 heavy (non-hydrogen) atoms. The smallest absolute Gasteiger partial charge is 0.311 e. The van der Waals surface area contributed by atoms with Crippen molar-refractivity contribution in [3.8, 4) is 0 Å². The number of halogens is 1. The third-order valence-corrected chi connectivity index (χ3v) is 6.45. The number of fused-ring (bicyclic) bond motifs is 1. The molecule has 7 heteroatoms. The number of hydrogen-bond donors (Lipinski definition) is 1. The number of morpholine rings is 1. The Bertz CT molecular complexity index is 736. The van der Waals surface area contributed by atoms with Crippen LogP contribution in [0, 0.1) is 17.2 Å². The standard InChI is InChI=1S/C20H25FN2O4/c21-16-6-2-1-5-15(16)17(22-8-10-27-11-9-22)18(24)23-12-14-4-3-7-20(14,13-23)19(25)26/h1-2,5-6,14,17H,3-4,7-13H2,(H,25,26)/t14-,17?,20+/m0/s1. The Morgan fingerprint density at radius 2 is 2.00 bits per heavy atom. The van der Waals surface area contributed by atoms with E-state index in [2.05, 4.69) is 0 Å². The lowest BCUT2D eigenvalue weighted by molar-refractivity contribution is -0.150. The number of carbonyl (C=O) groups excluding carboxylic acids is 1. The van der Waals surface area contributed by atoms with Gasteiger partial charge in [-0.3, -0.25) is 14.5 Å². The van der Waals surface area contributed by atoms with E-state index in [9.17, 15) is 19.1 Å². The highest BCUT2D eigenvalue weighted by atomic mass is 19.1. The molecule has 1 aromatic carbocycles. The molecule has 2 saturated heterocycles. The first-order chi connectivity index (χ1) is 13.0. The summed E-state index contributed by atoms with van der Waals surface area (Å²) in [6.07, 6.45) is 2.33. The number of nitrogens with zero attached hydrogens (tertiary/aromatic N) is 2. The summed E-state index contributed by atoms with van der Waals surface area (Å²) in [7, 11) is 0. The predicted octanol–water partition coefficient (Wildman–Crippen LogP) is 1.91. The Hall–Kier alpha value is -1.99. The van der Waals surface area contributed by atoms with Crippen LogP contribution in [0.25, 0.3) is 0 Å². The van der Waals surface area contributed by atoms with Crippen molar-refractivity contribution in [3.05, 3.63) is 35.6 Å². The highest BCUT2D eigenvalue weighted by Gasteiger charge is 2.56. The van der Waals surface area contributed by atoms with Crippen LogP contribution in [0.5, 0.6) is 0 Å². The van der Waals surface area contributed by atoms with Crippen molar-refractivity contribution in [2.45, 2.75) is 25.3 Å². The van der Waals surface area contributed by atoms with Gasteiger partial charge in [0.1, 0.15) is 11.9 Å². The Morgan fingerprint density at radius 3 is 2.67 bits per heavy atom. The molecule has 0 aromatic heterocycles. The van der Waals surface area contributed by atoms with Crippen molar-refractivity contribution < 1.29 is 23.8 Å². The third kappa shape index (κ3) is 3.12. The first-order valence-electron chi connectivity index (χ1n) is 9.61. The minimum atomic E-state index is -0.833. The first kappa shape index (κ1) is 18.4. The lowest BCUT2D eigenvalue weighted by Crippen LogP contribution is -2.47. The van der Waals surface area contributed by atoms with E-state index in [1.807, 2.05) is 4.90 Å². The van der Waals surface area contributed by atoms with E-state index in [1.165, 1.54) is 6.07 Å². The van der Waals surface area contributed by atoms with Gasteiger partial charge >= 0.3 is 5.97 Å². The molecular weight excluding hydrogens is 351 g/mol. The molecule has 4 rings (SSSR count). The number of carboxylic acid groups (broad SMARTS) is 1. The molecule has 0 bridgehead atoms. The van der Waals surface area contributed by atoms with Crippen LogP contribution in [-0.4, -0.2) is 66.2 Å². The molecule has 3 fully saturated rings. The van der Waals surface area contributed by atoms with E-state index in [0.717, 1.165) is 12.8 Å². The average molecular weight is 376 g/mol. The minimum absolute atomic E-state index is 0.00934. The maximum absolute atomic E-state index is 14.6. The predicted molar refractivity (Wildman–Crippen MR) is 95.5 cm³/mol. The van der Waals surface area contributed by atoms with Crippen molar-refractivity contribution in [1.82, 2.24) is 9.80 Å². The van der Waals surface area contributed by atoms with E-state index in [4.69, 9.17) is 4.74 Å². The molecule has 3 atom stereocenters. The van der Waals surface area contributed by atoms with Gasteiger partial charge in [0.2, 0.25) is 5.91 Å². The van der Waals surface area contributed by atoms with E-state index < -0.39 is 23.2 Å². The van der Waals surface area contributed by atoms with Gasteiger partial charge in [-0.1, -0.05) is 24.6 Å². The number of carboxylic acids is 1. The van der Waals surface area contributed by atoms with E-state index >= 15 is 0 Å². The number of hydrogen-bond acceptors (Lipinski definition) is 4. The highest BCUT2D eigenvalue weighted by molar-refractivity contribution is 5.86. The van der Waals surface area contributed by atoms with E-state index in [-0.39, 0.29) is 18.4 Å². The number of benzene rings is 1. The zero-order valence-corrected chi connectivity index (χ0v) is 15.3. The molecule has 1 N–H and O–H groups in total. The summed E-state index contributed by atoms with van der Waals surface area (Å²) < 4.78 is 19.9. The zero-order chi connectivity index (χ0) is 19.0. The monoisotopic (exact) mass is 376 g/mol. The summed E-state index contributed by atoms with van der Waals surface area (Å²) in [5, 5.41) is 9.80. The molecule has 1 aromatic rings. The van der Waals surface area contributed by atoms with Gasteiger partial charge in [0.05, 0.1) is 18.6 Å². The maximum atomic E-state index is 14.6. The lowest BCUT2D eigenvalue weighted by atomic mass is 9.81. The topological polar surface area (TPSA) is 70.1 Å². The van der Waals surface area contributed by atoms with Crippen molar-refractivity contribution in [3.63, 3.8) is 0 Å². The quantitative estimate of drug-likeness (QED) is 0.869. The van der Waals surface area contributed by atoms with Gasteiger partial charge in [0, 0.05) is 31.7 Å². The molecular formula is C20H25FN2O4. The number of carbonyl (C=O) groups is 2. The summed E-state index contributed by atoms with van der Waals surface area (Å²) in [5.74, 6) is -1.43. The summed E-state index contributed by atoms with van der Waals surface area (Å²) in [5.41, 5.74) is -0.480. The van der Waals surface area contributed by atoms with Crippen LogP contribution in [0.4, 0.5) is 4.39 Å². The molecule has 146 valence electrons. The van der Waals surface area contributed by atoms with Gasteiger partial charge in [-0.25, -0.2) is 4.39 Å². The number of rotatable bonds is 4. The largest absolute Gasteiger partial charge is 0.481 e. The normalized spacial score (nSPS) is 29.5. The second-order valence-electron chi connectivity index (χ2n) is 7.84. The van der Waals surface area contributed by atoms with E-state index in [0.29, 0.717) is 44.8 Å².